The van der Waals surface area contributed by atoms with Crippen molar-refractivity contribution in [1.82, 2.24) is 4.90 Å². The van der Waals surface area contributed by atoms with Gasteiger partial charge >= 0.3 is 0 Å². The fraction of sp³-hybridized carbons (Fsp3) is 0.467. The van der Waals surface area contributed by atoms with Crippen molar-refractivity contribution in [2.24, 2.45) is 11.7 Å². The van der Waals surface area contributed by atoms with Crippen molar-refractivity contribution in [3.8, 4) is 0 Å². The standard InChI is InChI=1S/C15H20N2OS/c1-2-17(10-11-8-9-11)15(18)13(14(16)19)12-6-4-3-5-7-12/h3-7,11,13H,2,8-10H2,1H3,(H2,16,19). The molecule has 4 heteroatoms. The zero-order valence-electron chi connectivity index (χ0n) is 11.2. The van der Waals surface area contributed by atoms with E-state index in [1.165, 1.54) is 12.8 Å². The molecular formula is C15H20N2OS. The Morgan fingerprint density at radius 1 is 1.42 bits per heavy atom. The first-order valence-electron chi connectivity index (χ1n) is 6.76. The van der Waals surface area contributed by atoms with Gasteiger partial charge in [0.15, 0.2) is 0 Å². The number of likely N-dealkylation sites (N-methyl/N-ethyl adjacent to an activating group) is 1. The van der Waals surface area contributed by atoms with Gasteiger partial charge in [0.25, 0.3) is 0 Å². The SMILES string of the molecule is CCN(CC1CC1)C(=O)C(C(N)=S)c1ccccc1. The normalized spacial score (nSPS) is 15.8. The number of rotatable bonds is 6. The lowest BCUT2D eigenvalue weighted by atomic mass is 9.97. The third-order valence-corrected chi connectivity index (χ3v) is 3.77. The van der Waals surface area contributed by atoms with E-state index < -0.39 is 5.92 Å². The molecule has 1 aliphatic carbocycles. The summed E-state index contributed by atoms with van der Waals surface area (Å²) in [7, 11) is 0. The molecule has 0 spiro atoms. The van der Waals surface area contributed by atoms with Gasteiger partial charge in [-0.2, -0.15) is 0 Å². The maximum Gasteiger partial charge on any atom is 0.236 e. The van der Waals surface area contributed by atoms with Gasteiger partial charge in [0.1, 0.15) is 5.92 Å². The average molecular weight is 276 g/mol. The molecule has 1 saturated carbocycles. The van der Waals surface area contributed by atoms with Gasteiger partial charge in [-0.05, 0) is 31.2 Å². The number of amides is 1. The number of hydrogen-bond acceptors (Lipinski definition) is 2. The number of nitrogens with two attached hydrogens (primary N) is 1. The molecule has 1 atom stereocenters. The molecule has 2 N–H and O–H groups in total. The molecule has 0 heterocycles. The molecule has 19 heavy (non-hydrogen) atoms. The van der Waals surface area contributed by atoms with Crippen LogP contribution in [0.25, 0.3) is 0 Å². The van der Waals surface area contributed by atoms with Crippen molar-refractivity contribution in [1.29, 1.82) is 0 Å². The maximum atomic E-state index is 12.6. The van der Waals surface area contributed by atoms with E-state index in [-0.39, 0.29) is 10.9 Å². The minimum atomic E-state index is -0.491. The van der Waals surface area contributed by atoms with Crippen molar-refractivity contribution in [3.05, 3.63) is 35.9 Å². The molecule has 2 rings (SSSR count). The van der Waals surface area contributed by atoms with E-state index >= 15 is 0 Å². The van der Waals surface area contributed by atoms with Crippen molar-refractivity contribution in [2.45, 2.75) is 25.7 Å². The van der Waals surface area contributed by atoms with Gasteiger partial charge in [-0.15, -0.1) is 0 Å². The van der Waals surface area contributed by atoms with Crippen molar-refractivity contribution < 1.29 is 4.79 Å². The lowest BCUT2D eigenvalue weighted by Gasteiger charge is -2.26. The molecule has 1 aromatic rings. The Kier molecular flexibility index (Phi) is 4.53. The molecule has 1 aliphatic rings. The Bertz CT molecular complexity index is 456. The second-order valence-corrected chi connectivity index (χ2v) is 5.54. The van der Waals surface area contributed by atoms with E-state index in [0.29, 0.717) is 12.5 Å². The number of hydrogen-bond donors (Lipinski definition) is 1. The predicted octanol–water partition coefficient (Wildman–Crippen LogP) is 2.31. The Labute approximate surface area is 119 Å². The molecule has 0 aliphatic heterocycles. The summed E-state index contributed by atoms with van der Waals surface area (Å²) in [6, 6.07) is 9.56. The summed E-state index contributed by atoms with van der Waals surface area (Å²) in [6.45, 7) is 3.55. The molecule has 102 valence electrons. The fourth-order valence-electron chi connectivity index (χ4n) is 2.24. The van der Waals surface area contributed by atoms with Crippen LogP contribution in [0, 0.1) is 5.92 Å². The first-order chi connectivity index (χ1) is 9.13. The topological polar surface area (TPSA) is 46.3 Å². The van der Waals surface area contributed by atoms with Gasteiger partial charge in [0, 0.05) is 13.1 Å². The molecule has 0 saturated heterocycles. The lowest BCUT2D eigenvalue weighted by molar-refractivity contribution is -0.131. The second kappa shape index (κ2) is 6.15. The van der Waals surface area contributed by atoms with Gasteiger partial charge in [0.2, 0.25) is 5.91 Å². The van der Waals surface area contributed by atoms with E-state index in [0.717, 1.165) is 12.1 Å². The van der Waals surface area contributed by atoms with E-state index in [1.54, 1.807) is 0 Å². The Morgan fingerprint density at radius 2 is 2.05 bits per heavy atom. The van der Waals surface area contributed by atoms with Gasteiger partial charge in [0.05, 0.1) is 4.99 Å². The van der Waals surface area contributed by atoms with Gasteiger partial charge < -0.3 is 10.6 Å². The number of benzene rings is 1. The summed E-state index contributed by atoms with van der Waals surface area (Å²) in [5.74, 6) is 0.217. The smallest absolute Gasteiger partial charge is 0.236 e. The van der Waals surface area contributed by atoms with E-state index in [1.807, 2.05) is 42.2 Å². The van der Waals surface area contributed by atoms with Crippen LogP contribution in [0.5, 0.6) is 0 Å². The van der Waals surface area contributed by atoms with Crippen LogP contribution in [0.2, 0.25) is 0 Å². The molecule has 1 fully saturated rings. The summed E-state index contributed by atoms with van der Waals surface area (Å²) in [4.78, 5) is 14.8. The summed E-state index contributed by atoms with van der Waals surface area (Å²) in [5, 5.41) is 0. The second-order valence-electron chi connectivity index (χ2n) is 5.07. The Hall–Kier alpha value is -1.42. The number of carbonyl (C=O) groups excluding carboxylic acids is 1. The zero-order valence-corrected chi connectivity index (χ0v) is 12.0. The fourth-order valence-corrected chi connectivity index (χ4v) is 2.48. The van der Waals surface area contributed by atoms with Crippen LogP contribution in [0.3, 0.4) is 0 Å². The van der Waals surface area contributed by atoms with E-state index in [2.05, 4.69) is 0 Å². The molecular weight excluding hydrogens is 256 g/mol. The Balaban J connectivity index is 2.17. The molecule has 0 aromatic heterocycles. The monoisotopic (exact) mass is 276 g/mol. The average Bonchev–Trinajstić information content (AvgIpc) is 3.20. The molecule has 1 unspecified atom stereocenters. The molecule has 0 bridgehead atoms. The van der Waals surface area contributed by atoms with Crippen LogP contribution in [-0.4, -0.2) is 28.9 Å². The minimum absolute atomic E-state index is 0.0353. The number of thiocarbonyl (C=S) groups is 1. The molecule has 1 aromatic carbocycles. The van der Waals surface area contributed by atoms with Gasteiger partial charge in [-0.1, -0.05) is 42.5 Å². The van der Waals surface area contributed by atoms with Crippen LogP contribution < -0.4 is 5.73 Å². The highest BCUT2D eigenvalue weighted by Gasteiger charge is 2.31. The summed E-state index contributed by atoms with van der Waals surface area (Å²) in [6.07, 6.45) is 2.46. The quantitative estimate of drug-likeness (QED) is 0.811. The highest BCUT2D eigenvalue weighted by molar-refractivity contribution is 7.80. The molecule has 1 amide bonds. The predicted molar refractivity (Wildman–Crippen MR) is 80.9 cm³/mol. The minimum Gasteiger partial charge on any atom is -0.392 e. The zero-order chi connectivity index (χ0) is 13.8. The van der Waals surface area contributed by atoms with Crippen molar-refractivity contribution >= 4 is 23.1 Å². The largest absolute Gasteiger partial charge is 0.392 e. The lowest BCUT2D eigenvalue weighted by Crippen LogP contribution is -2.40. The maximum absolute atomic E-state index is 12.6. The first-order valence-corrected chi connectivity index (χ1v) is 7.17. The van der Waals surface area contributed by atoms with Crippen molar-refractivity contribution in [2.75, 3.05) is 13.1 Å². The highest BCUT2D eigenvalue weighted by Crippen LogP contribution is 2.30. The highest BCUT2D eigenvalue weighted by atomic mass is 32.1. The van der Waals surface area contributed by atoms with Gasteiger partial charge in [-0.3, -0.25) is 4.79 Å². The van der Waals surface area contributed by atoms with Crippen LogP contribution in [0.4, 0.5) is 0 Å². The molecule has 0 radical (unpaired) electrons. The molecule has 3 nitrogen and oxygen atoms in total. The summed E-state index contributed by atoms with van der Waals surface area (Å²) in [5.41, 5.74) is 6.68. The third-order valence-electron chi connectivity index (χ3n) is 3.53. The van der Waals surface area contributed by atoms with Crippen LogP contribution in [-0.2, 0) is 4.79 Å². The van der Waals surface area contributed by atoms with Crippen LogP contribution in [0.15, 0.2) is 30.3 Å². The third kappa shape index (κ3) is 3.53. The first kappa shape index (κ1) is 14.0. The summed E-state index contributed by atoms with van der Waals surface area (Å²) < 4.78 is 0. The van der Waals surface area contributed by atoms with Gasteiger partial charge in [-0.25, -0.2) is 0 Å². The van der Waals surface area contributed by atoms with Crippen LogP contribution in [0.1, 0.15) is 31.2 Å². The van der Waals surface area contributed by atoms with E-state index in [9.17, 15) is 4.79 Å². The Morgan fingerprint density at radius 3 is 2.53 bits per heavy atom. The summed E-state index contributed by atoms with van der Waals surface area (Å²) >= 11 is 5.10. The van der Waals surface area contributed by atoms with E-state index in [4.69, 9.17) is 18.0 Å². The van der Waals surface area contributed by atoms with Crippen molar-refractivity contribution in [3.63, 3.8) is 0 Å². The number of nitrogens with zero attached hydrogens (tertiary/aromatic N) is 1. The van der Waals surface area contributed by atoms with Crippen LogP contribution >= 0.6 is 12.2 Å². The number of carbonyl (C=O) groups is 1.